The number of benzene rings is 2. The van der Waals surface area contributed by atoms with Crippen molar-refractivity contribution in [1.82, 2.24) is 9.97 Å². The van der Waals surface area contributed by atoms with E-state index in [1.165, 1.54) is 12.6 Å². The monoisotopic (exact) mass is 402 g/mol. The quantitative estimate of drug-likeness (QED) is 0.321. The number of hydrazine groups is 1. The zero-order chi connectivity index (χ0) is 20.8. The fraction of sp³-hybridized carbons (Fsp3) is 0.0476. The molecule has 4 aromatic rings. The molecule has 0 amide bonds. The lowest BCUT2D eigenvalue weighted by atomic mass is 10.2. The highest BCUT2D eigenvalue weighted by atomic mass is 16.6. The number of aromatic nitrogens is 2. The van der Waals surface area contributed by atoms with E-state index in [1.54, 1.807) is 17.1 Å². The first-order chi connectivity index (χ1) is 14.7. The van der Waals surface area contributed by atoms with Gasteiger partial charge in [-0.05, 0) is 36.4 Å². The van der Waals surface area contributed by atoms with Crippen molar-refractivity contribution in [2.45, 2.75) is 6.54 Å². The summed E-state index contributed by atoms with van der Waals surface area (Å²) in [6.45, 7) is 0.255. The summed E-state index contributed by atoms with van der Waals surface area (Å²) < 4.78 is 5.27. The second kappa shape index (κ2) is 8.74. The molecule has 0 saturated heterocycles. The molecule has 2 N–H and O–H groups in total. The molecule has 0 fully saturated rings. The largest absolute Gasteiger partial charge is 0.467 e. The topological polar surface area (TPSA) is 109 Å². The second-order valence-corrected chi connectivity index (χ2v) is 6.23. The number of para-hydroxylation sites is 2. The minimum atomic E-state index is -0.513. The van der Waals surface area contributed by atoms with Crippen LogP contribution in [0.2, 0.25) is 0 Å². The number of anilines is 4. The third kappa shape index (κ3) is 4.20. The fourth-order valence-electron chi connectivity index (χ4n) is 2.89. The van der Waals surface area contributed by atoms with Gasteiger partial charge in [0.1, 0.15) is 12.1 Å². The molecule has 2 aromatic carbocycles. The molecular formula is C21H18N6O3. The van der Waals surface area contributed by atoms with Gasteiger partial charge in [-0.25, -0.2) is 9.97 Å². The smallest absolute Gasteiger partial charge is 0.354 e. The van der Waals surface area contributed by atoms with Crippen LogP contribution in [0.5, 0.6) is 0 Å². The molecule has 30 heavy (non-hydrogen) atoms. The first-order valence-electron chi connectivity index (χ1n) is 9.15. The zero-order valence-corrected chi connectivity index (χ0v) is 15.8. The van der Waals surface area contributed by atoms with Crippen LogP contribution in [0.4, 0.5) is 28.7 Å². The lowest BCUT2D eigenvalue weighted by Crippen LogP contribution is -2.26. The highest BCUT2D eigenvalue weighted by molar-refractivity contribution is 5.74. The highest BCUT2D eigenvalue weighted by Gasteiger charge is 2.25. The van der Waals surface area contributed by atoms with Gasteiger partial charge in [0.05, 0.1) is 29.1 Å². The van der Waals surface area contributed by atoms with E-state index in [0.29, 0.717) is 5.76 Å². The SMILES string of the molecule is O=[N+]([O-])c1c(NCc2ccco2)ncnc1NN(c1ccccc1)c1ccccc1. The molecule has 0 radical (unpaired) electrons. The Bertz CT molecular complexity index is 1060. The van der Waals surface area contributed by atoms with Crippen molar-refractivity contribution < 1.29 is 9.34 Å². The van der Waals surface area contributed by atoms with Crippen molar-refractivity contribution >= 4 is 28.7 Å². The van der Waals surface area contributed by atoms with E-state index < -0.39 is 4.92 Å². The molecule has 4 rings (SSSR count). The molecule has 2 heterocycles. The molecule has 9 nitrogen and oxygen atoms in total. The van der Waals surface area contributed by atoms with Crippen molar-refractivity contribution in [1.29, 1.82) is 0 Å². The highest BCUT2D eigenvalue weighted by Crippen LogP contribution is 2.32. The van der Waals surface area contributed by atoms with Crippen LogP contribution < -0.4 is 15.8 Å². The van der Waals surface area contributed by atoms with E-state index in [1.807, 2.05) is 60.7 Å². The maximum Gasteiger partial charge on any atom is 0.354 e. The Hall–Kier alpha value is -4.40. The Balaban J connectivity index is 1.69. The second-order valence-electron chi connectivity index (χ2n) is 6.23. The molecule has 0 bridgehead atoms. The molecule has 0 spiro atoms. The van der Waals surface area contributed by atoms with Gasteiger partial charge in [0.25, 0.3) is 0 Å². The van der Waals surface area contributed by atoms with Crippen molar-refractivity contribution in [2.24, 2.45) is 0 Å². The maximum atomic E-state index is 11.9. The number of hydrogen-bond acceptors (Lipinski definition) is 8. The van der Waals surface area contributed by atoms with Crippen LogP contribution >= 0.6 is 0 Å². The standard InChI is InChI=1S/C21H18N6O3/c28-27(29)19-20(22-14-18-12-7-13-30-18)23-15-24-21(19)25-26(16-8-3-1-4-9-16)17-10-5-2-6-11-17/h1-13,15H,14H2,(H2,22,23,24,25). The molecule has 0 saturated carbocycles. The van der Waals surface area contributed by atoms with E-state index in [2.05, 4.69) is 20.7 Å². The molecule has 0 aliphatic heterocycles. The summed E-state index contributed by atoms with van der Waals surface area (Å²) in [7, 11) is 0. The normalized spacial score (nSPS) is 10.4. The third-order valence-electron chi connectivity index (χ3n) is 4.26. The molecule has 0 aliphatic carbocycles. The van der Waals surface area contributed by atoms with Gasteiger partial charge in [-0.2, -0.15) is 0 Å². The summed E-state index contributed by atoms with van der Waals surface area (Å²) in [6, 6.07) is 22.4. The van der Waals surface area contributed by atoms with Gasteiger partial charge in [-0.15, -0.1) is 0 Å². The average molecular weight is 402 g/mol. The third-order valence-corrected chi connectivity index (χ3v) is 4.26. The van der Waals surface area contributed by atoms with E-state index in [-0.39, 0.29) is 23.9 Å². The molecule has 2 aromatic heterocycles. The van der Waals surface area contributed by atoms with Crippen molar-refractivity contribution in [3.05, 3.63) is 101 Å². The lowest BCUT2D eigenvalue weighted by Gasteiger charge is -2.26. The van der Waals surface area contributed by atoms with Gasteiger partial charge >= 0.3 is 5.69 Å². The molecular weight excluding hydrogens is 384 g/mol. The van der Waals surface area contributed by atoms with Gasteiger partial charge in [0, 0.05) is 0 Å². The van der Waals surface area contributed by atoms with Gasteiger partial charge in [0.2, 0.25) is 11.6 Å². The predicted octanol–water partition coefficient (Wildman–Crippen LogP) is 4.76. The van der Waals surface area contributed by atoms with Gasteiger partial charge in [0.15, 0.2) is 0 Å². The van der Waals surface area contributed by atoms with Gasteiger partial charge < -0.3 is 9.73 Å². The summed E-state index contributed by atoms with van der Waals surface area (Å²) in [4.78, 5) is 19.5. The summed E-state index contributed by atoms with van der Waals surface area (Å²) in [5.41, 5.74) is 4.40. The minimum absolute atomic E-state index is 0.0599. The van der Waals surface area contributed by atoms with Gasteiger partial charge in [-0.1, -0.05) is 36.4 Å². The molecule has 9 heteroatoms. The maximum absolute atomic E-state index is 11.9. The minimum Gasteiger partial charge on any atom is -0.467 e. The first-order valence-corrected chi connectivity index (χ1v) is 9.15. The van der Waals surface area contributed by atoms with E-state index in [9.17, 15) is 10.1 Å². The van der Waals surface area contributed by atoms with Gasteiger partial charge in [-0.3, -0.25) is 20.5 Å². The zero-order valence-electron chi connectivity index (χ0n) is 15.8. The van der Waals surface area contributed by atoms with Crippen LogP contribution in [-0.4, -0.2) is 14.9 Å². The van der Waals surface area contributed by atoms with Crippen LogP contribution in [0.25, 0.3) is 0 Å². The number of nitro groups is 1. The lowest BCUT2D eigenvalue weighted by molar-refractivity contribution is -0.383. The summed E-state index contributed by atoms with van der Waals surface area (Å²) in [5.74, 6) is 0.784. The van der Waals surface area contributed by atoms with E-state index >= 15 is 0 Å². The van der Waals surface area contributed by atoms with Crippen molar-refractivity contribution in [3.63, 3.8) is 0 Å². The van der Waals surface area contributed by atoms with Crippen LogP contribution in [0.3, 0.4) is 0 Å². The Kier molecular flexibility index (Phi) is 5.52. The first kappa shape index (κ1) is 18.9. The Labute approximate surface area is 172 Å². The summed E-state index contributed by atoms with van der Waals surface area (Å²) in [5, 5.41) is 16.5. The number of hydrogen-bond donors (Lipinski definition) is 2. The number of nitrogens with zero attached hydrogens (tertiary/aromatic N) is 4. The number of furan rings is 1. The molecule has 0 atom stereocenters. The van der Waals surface area contributed by atoms with Crippen LogP contribution in [0, 0.1) is 10.1 Å². The number of nitrogens with one attached hydrogen (secondary N) is 2. The van der Waals surface area contributed by atoms with Crippen molar-refractivity contribution in [2.75, 3.05) is 15.8 Å². The predicted molar refractivity (Wildman–Crippen MR) is 113 cm³/mol. The Morgan fingerprint density at radius 2 is 1.53 bits per heavy atom. The fourth-order valence-corrected chi connectivity index (χ4v) is 2.89. The van der Waals surface area contributed by atoms with Crippen LogP contribution in [-0.2, 0) is 6.54 Å². The number of rotatable bonds is 8. The van der Waals surface area contributed by atoms with E-state index in [0.717, 1.165) is 11.4 Å². The molecule has 0 unspecified atom stereocenters. The Morgan fingerprint density at radius 3 is 2.10 bits per heavy atom. The summed E-state index contributed by atoms with van der Waals surface area (Å²) >= 11 is 0. The Morgan fingerprint density at radius 1 is 0.900 bits per heavy atom. The molecule has 0 aliphatic rings. The van der Waals surface area contributed by atoms with E-state index in [4.69, 9.17) is 4.42 Å². The van der Waals surface area contributed by atoms with Crippen LogP contribution in [0.15, 0.2) is 89.8 Å². The summed E-state index contributed by atoms with van der Waals surface area (Å²) in [6.07, 6.45) is 2.81. The van der Waals surface area contributed by atoms with Crippen LogP contribution in [0.1, 0.15) is 5.76 Å². The average Bonchev–Trinajstić information content (AvgIpc) is 3.31. The molecule has 150 valence electrons. The van der Waals surface area contributed by atoms with Crippen molar-refractivity contribution in [3.8, 4) is 0 Å².